The number of hydroxylamine groups is 1. The highest BCUT2D eigenvalue weighted by Crippen LogP contribution is 2.28. The van der Waals surface area contributed by atoms with Crippen LogP contribution in [0.4, 0.5) is 5.69 Å². The molecule has 1 unspecified atom stereocenters. The number of amides is 1. The fourth-order valence-corrected chi connectivity index (χ4v) is 4.59. The molecule has 1 saturated heterocycles. The molecule has 1 heterocycles. The Morgan fingerprint density at radius 3 is 2.26 bits per heavy atom. The van der Waals surface area contributed by atoms with Crippen LogP contribution in [-0.4, -0.2) is 57.2 Å². The predicted molar refractivity (Wildman–Crippen MR) is 140 cm³/mol. The number of rotatable bonds is 11. The summed E-state index contributed by atoms with van der Waals surface area (Å²) < 4.78 is 5.54. The zero-order valence-corrected chi connectivity index (χ0v) is 20.4. The smallest absolute Gasteiger partial charge is 0.274 e. The molecule has 0 aromatic heterocycles. The number of nitrogens with zero attached hydrogens (tertiary/aromatic N) is 2. The van der Waals surface area contributed by atoms with Crippen LogP contribution in [0.15, 0.2) is 84.9 Å². The van der Waals surface area contributed by atoms with Crippen molar-refractivity contribution in [3.8, 4) is 5.75 Å². The van der Waals surface area contributed by atoms with Crippen molar-refractivity contribution < 1.29 is 14.4 Å². The van der Waals surface area contributed by atoms with Gasteiger partial charge in [-0.2, -0.15) is 0 Å². The van der Waals surface area contributed by atoms with E-state index in [0.29, 0.717) is 12.2 Å². The maximum absolute atomic E-state index is 12.3. The monoisotopic (exact) mass is 473 g/mol. The normalized spacial score (nSPS) is 14.9. The average molecular weight is 474 g/mol. The van der Waals surface area contributed by atoms with Gasteiger partial charge in [-0.3, -0.25) is 14.5 Å². The van der Waals surface area contributed by atoms with Gasteiger partial charge in [-0.25, -0.2) is 5.48 Å². The summed E-state index contributed by atoms with van der Waals surface area (Å²) >= 11 is 0. The van der Waals surface area contributed by atoms with Gasteiger partial charge in [0.1, 0.15) is 5.75 Å². The van der Waals surface area contributed by atoms with Gasteiger partial charge in [-0.05, 0) is 49.2 Å². The Hall–Kier alpha value is -3.35. The van der Waals surface area contributed by atoms with Crippen LogP contribution in [0.5, 0.6) is 5.75 Å². The van der Waals surface area contributed by atoms with Crippen LogP contribution >= 0.6 is 0 Å². The first-order chi connectivity index (χ1) is 17.2. The summed E-state index contributed by atoms with van der Waals surface area (Å²) in [6, 6.07) is 27.8. The molecule has 1 amide bonds. The lowest BCUT2D eigenvalue weighted by molar-refractivity contribution is 0.0241. The van der Waals surface area contributed by atoms with Gasteiger partial charge < -0.3 is 9.64 Å². The Bertz CT molecular complexity index is 1040. The number of carbonyl (C=O) groups is 1. The standard InChI is InChI=1S/C29H35N3O3/c1-34-28-17-9-8-16-27(28)32-21-19-31(20-22-32)18-10-15-26(24-11-4-2-5-12-24)23-35-30-29(33)25-13-6-3-7-14-25/h2-9,11-14,16-17,26H,10,15,18-23H2,1H3,(H,30,33). The van der Waals surface area contributed by atoms with Crippen LogP contribution in [0, 0.1) is 0 Å². The van der Waals surface area contributed by atoms with Gasteiger partial charge in [0.2, 0.25) is 0 Å². The van der Waals surface area contributed by atoms with Crippen molar-refractivity contribution in [2.75, 3.05) is 51.3 Å². The lowest BCUT2D eigenvalue weighted by Gasteiger charge is -2.36. The van der Waals surface area contributed by atoms with Gasteiger partial charge in [-0.15, -0.1) is 0 Å². The SMILES string of the molecule is COc1ccccc1N1CCN(CCCC(CONC(=O)c2ccccc2)c2ccccc2)CC1. The van der Waals surface area contributed by atoms with Gasteiger partial charge in [0.15, 0.2) is 0 Å². The molecule has 6 nitrogen and oxygen atoms in total. The molecule has 0 aliphatic carbocycles. The molecular formula is C29H35N3O3. The first kappa shape index (κ1) is 24.8. The highest BCUT2D eigenvalue weighted by atomic mass is 16.6. The van der Waals surface area contributed by atoms with E-state index in [-0.39, 0.29) is 11.8 Å². The van der Waals surface area contributed by atoms with Gasteiger partial charge in [0.05, 0.1) is 19.4 Å². The Balaban J connectivity index is 1.24. The molecule has 4 rings (SSSR count). The lowest BCUT2D eigenvalue weighted by Crippen LogP contribution is -2.46. The molecule has 1 N–H and O–H groups in total. The largest absolute Gasteiger partial charge is 0.495 e. The van der Waals surface area contributed by atoms with E-state index in [1.54, 1.807) is 19.2 Å². The third kappa shape index (κ3) is 7.07. The average Bonchev–Trinajstić information content (AvgIpc) is 2.93. The Labute approximate surface area is 208 Å². The number of para-hydroxylation sites is 2. The number of nitrogens with one attached hydrogen (secondary N) is 1. The van der Waals surface area contributed by atoms with E-state index in [1.165, 1.54) is 11.3 Å². The Kier molecular flexibility index (Phi) is 9.15. The van der Waals surface area contributed by atoms with Gasteiger partial charge in [-0.1, -0.05) is 60.7 Å². The fraction of sp³-hybridized carbons (Fsp3) is 0.345. The van der Waals surface area contributed by atoms with Crippen LogP contribution < -0.4 is 15.1 Å². The minimum Gasteiger partial charge on any atom is -0.495 e. The first-order valence-electron chi connectivity index (χ1n) is 12.4. The van der Waals surface area contributed by atoms with E-state index >= 15 is 0 Å². The maximum Gasteiger partial charge on any atom is 0.274 e. The number of piperazine rings is 1. The van der Waals surface area contributed by atoms with Crippen LogP contribution in [0.3, 0.4) is 0 Å². The van der Waals surface area contributed by atoms with E-state index in [1.807, 2.05) is 36.4 Å². The van der Waals surface area contributed by atoms with Crippen molar-refractivity contribution in [1.29, 1.82) is 0 Å². The summed E-state index contributed by atoms with van der Waals surface area (Å²) in [5.74, 6) is 0.943. The molecule has 1 atom stereocenters. The molecule has 3 aromatic rings. The maximum atomic E-state index is 12.3. The second kappa shape index (κ2) is 12.9. The molecule has 0 saturated carbocycles. The molecule has 184 valence electrons. The topological polar surface area (TPSA) is 54.0 Å². The van der Waals surface area contributed by atoms with Crippen molar-refractivity contribution in [3.63, 3.8) is 0 Å². The molecule has 1 fully saturated rings. The van der Waals surface area contributed by atoms with E-state index in [9.17, 15) is 4.79 Å². The summed E-state index contributed by atoms with van der Waals surface area (Å²) in [4.78, 5) is 22.9. The number of carbonyl (C=O) groups excluding carboxylic acids is 1. The van der Waals surface area contributed by atoms with Gasteiger partial charge in [0.25, 0.3) is 5.91 Å². The first-order valence-corrected chi connectivity index (χ1v) is 12.4. The second-order valence-electron chi connectivity index (χ2n) is 8.86. The number of hydrogen-bond donors (Lipinski definition) is 1. The number of ether oxygens (including phenoxy) is 1. The van der Waals surface area contributed by atoms with Crippen LogP contribution in [0.1, 0.15) is 34.7 Å². The molecule has 1 aliphatic rings. The van der Waals surface area contributed by atoms with Crippen molar-refractivity contribution in [2.24, 2.45) is 0 Å². The minimum atomic E-state index is -0.217. The molecule has 1 aliphatic heterocycles. The molecule has 0 spiro atoms. The van der Waals surface area contributed by atoms with Gasteiger partial charge in [0, 0.05) is 37.7 Å². The second-order valence-corrected chi connectivity index (χ2v) is 8.86. The van der Waals surface area contributed by atoms with Crippen molar-refractivity contribution in [1.82, 2.24) is 10.4 Å². The number of hydrogen-bond acceptors (Lipinski definition) is 5. The quantitative estimate of drug-likeness (QED) is 0.408. The van der Waals surface area contributed by atoms with E-state index in [2.05, 4.69) is 51.7 Å². The highest BCUT2D eigenvalue weighted by Gasteiger charge is 2.20. The fourth-order valence-electron chi connectivity index (χ4n) is 4.59. The number of benzene rings is 3. The van der Waals surface area contributed by atoms with E-state index in [0.717, 1.165) is 51.3 Å². The summed E-state index contributed by atoms with van der Waals surface area (Å²) in [7, 11) is 1.73. The zero-order valence-electron chi connectivity index (χ0n) is 20.4. The lowest BCUT2D eigenvalue weighted by atomic mass is 9.95. The summed E-state index contributed by atoms with van der Waals surface area (Å²) in [5.41, 5.74) is 5.61. The molecular weight excluding hydrogens is 438 g/mol. The summed E-state index contributed by atoms with van der Waals surface area (Å²) in [6.07, 6.45) is 2.07. The number of methoxy groups -OCH3 is 1. The third-order valence-corrected chi connectivity index (χ3v) is 6.58. The van der Waals surface area contributed by atoms with Crippen LogP contribution in [0.2, 0.25) is 0 Å². The molecule has 35 heavy (non-hydrogen) atoms. The van der Waals surface area contributed by atoms with Crippen molar-refractivity contribution in [2.45, 2.75) is 18.8 Å². The zero-order chi connectivity index (χ0) is 24.3. The van der Waals surface area contributed by atoms with Gasteiger partial charge >= 0.3 is 0 Å². The summed E-state index contributed by atoms with van der Waals surface area (Å²) in [6.45, 7) is 5.58. The van der Waals surface area contributed by atoms with Crippen molar-refractivity contribution >= 4 is 11.6 Å². The molecule has 0 radical (unpaired) electrons. The third-order valence-electron chi connectivity index (χ3n) is 6.58. The molecule has 6 heteroatoms. The summed E-state index contributed by atoms with van der Waals surface area (Å²) in [5, 5.41) is 0. The Morgan fingerprint density at radius 2 is 1.54 bits per heavy atom. The number of anilines is 1. The van der Waals surface area contributed by atoms with Crippen LogP contribution in [0.25, 0.3) is 0 Å². The van der Waals surface area contributed by atoms with Crippen LogP contribution in [-0.2, 0) is 4.84 Å². The molecule has 3 aromatic carbocycles. The molecule has 0 bridgehead atoms. The minimum absolute atomic E-state index is 0.217. The Morgan fingerprint density at radius 1 is 0.886 bits per heavy atom. The van der Waals surface area contributed by atoms with Crippen molar-refractivity contribution in [3.05, 3.63) is 96.1 Å². The predicted octanol–water partition coefficient (Wildman–Crippen LogP) is 4.74. The van der Waals surface area contributed by atoms with E-state index in [4.69, 9.17) is 9.57 Å². The van der Waals surface area contributed by atoms with E-state index < -0.39 is 0 Å². The highest BCUT2D eigenvalue weighted by molar-refractivity contribution is 5.93.